The van der Waals surface area contributed by atoms with Crippen LogP contribution in [0.25, 0.3) is 0 Å². The summed E-state index contributed by atoms with van der Waals surface area (Å²) in [6, 6.07) is 0. The quantitative estimate of drug-likeness (QED) is 0.508. The van der Waals surface area contributed by atoms with Gasteiger partial charge in [0.25, 0.3) is 0 Å². The maximum atomic E-state index is 11.8. The number of hydrogen-bond acceptors (Lipinski definition) is 5. The highest BCUT2D eigenvalue weighted by Gasteiger charge is 2.42. The van der Waals surface area contributed by atoms with E-state index in [-0.39, 0.29) is 25.7 Å². The van der Waals surface area contributed by atoms with Gasteiger partial charge in [-0.15, -0.1) is 0 Å². The number of esters is 2. The van der Waals surface area contributed by atoms with E-state index in [0.717, 1.165) is 25.7 Å². The lowest BCUT2D eigenvalue weighted by Crippen LogP contribution is -2.30. The molecule has 7 heteroatoms. The van der Waals surface area contributed by atoms with Crippen molar-refractivity contribution < 1.29 is 34.1 Å². The molecule has 0 aromatic heterocycles. The molecule has 2 aliphatic rings. The van der Waals surface area contributed by atoms with Gasteiger partial charge in [0.15, 0.2) is 0 Å². The molecule has 0 heterocycles. The van der Waals surface area contributed by atoms with Crippen LogP contribution in [0.3, 0.4) is 0 Å². The van der Waals surface area contributed by atoms with Crippen LogP contribution in [0, 0.1) is 10.8 Å². The van der Waals surface area contributed by atoms with Gasteiger partial charge in [0.2, 0.25) is 0 Å². The first kappa shape index (κ1) is 19.4. The molecule has 0 atom stereocenters. The Bertz CT molecular complexity index is 492. The maximum absolute atomic E-state index is 11.8. The van der Waals surface area contributed by atoms with Crippen molar-refractivity contribution >= 4 is 23.9 Å². The predicted octanol–water partition coefficient (Wildman–Crippen LogP) is 2.91. The fourth-order valence-electron chi connectivity index (χ4n) is 4.16. The first-order chi connectivity index (χ1) is 11.8. The number of carboxylic acid groups (broad SMARTS) is 2. The van der Waals surface area contributed by atoms with E-state index in [0.29, 0.717) is 25.7 Å². The Morgan fingerprint density at radius 1 is 0.680 bits per heavy atom. The Morgan fingerprint density at radius 2 is 1.00 bits per heavy atom. The van der Waals surface area contributed by atoms with Crippen molar-refractivity contribution in [1.29, 1.82) is 0 Å². The van der Waals surface area contributed by atoms with E-state index in [1.807, 2.05) is 0 Å². The van der Waals surface area contributed by atoms with Gasteiger partial charge in [-0.1, -0.05) is 25.7 Å². The van der Waals surface area contributed by atoms with Crippen molar-refractivity contribution in [2.75, 3.05) is 0 Å². The van der Waals surface area contributed by atoms with Crippen molar-refractivity contribution in [3.63, 3.8) is 0 Å². The van der Waals surface area contributed by atoms with Crippen molar-refractivity contribution in [3.8, 4) is 0 Å². The zero-order valence-electron chi connectivity index (χ0n) is 14.4. The summed E-state index contributed by atoms with van der Waals surface area (Å²) < 4.78 is 4.76. The van der Waals surface area contributed by atoms with E-state index in [9.17, 15) is 29.4 Å². The molecule has 0 unspecified atom stereocenters. The molecular weight excluding hydrogens is 328 g/mol. The number of hydrogen-bond donors (Lipinski definition) is 2. The first-order valence-corrected chi connectivity index (χ1v) is 9.00. The minimum absolute atomic E-state index is 0.109. The third kappa shape index (κ3) is 4.58. The van der Waals surface area contributed by atoms with Crippen LogP contribution in [-0.4, -0.2) is 34.1 Å². The molecule has 2 aliphatic carbocycles. The number of rotatable bonds is 8. The van der Waals surface area contributed by atoms with Crippen LogP contribution in [0.4, 0.5) is 0 Å². The van der Waals surface area contributed by atoms with Gasteiger partial charge in [0.1, 0.15) is 0 Å². The van der Waals surface area contributed by atoms with Crippen molar-refractivity contribution in [1.82, 2.24) is 0 Å². The minimum atomic E-state index is -0.895. The number of aliphatic carboxylic acids is 2. The Kier molecular flexibility index (Phi) is 6.19. The van der Waals surface area contributed by atoms with Crippen molar-refractivity contribution in [3.05, 3.63) is 0 Å². The van der Waals surface area contributed by atoms with Crippen LogP contribution in [0.5, 0.6) is 0 Å². The Hall–Kier alpha value is -1.92. The third-order valence-electron chi connectivity index (χ3n) is 5.87. The molecule has 0 bridgehead atoms. The molecule has 0 amide bonds. The number of carbonyl (C=O) groups is 4. The van der Waals surface area contributed by atoms with Crippen LogP contribution in [-0.2, 0) is 23.9 Å². The van der Waals surface area contributed by atoms with Crippen LogP contribution in [0.1, 0.15) is 77.0 Å². The second-order valence-corrected chi connectivity index (χ2v) is 7.43. The van der Waals surface area contributed by atoms with Crippen LogP contribution in [0.2, 0.25) is 0 Å². The molecule has 0 radical (unpaired) electrons. The van der Waals surface area contributed by atoms with E-state index >= 15 is 0 Å². The molecule has 2 N–H and O–H groups in total. The molecule has 25 heavy (non-hydrogen) atoms. The van der Waals surface area contributed by atoms with Gasteiger partial charge in [-0.2, -0.15) is 0 Å². The highest BCUT2D eigenvalue weighted by Crippen LogP contribution is 2.43. The summed E-state index contributed by atoms with van der Waals surface area (Å²) in [5.74, 6) is -3.25. The molecule has 0 aromatic rings. The van der Waals surface area contributed by atoms with Crippen LogP contribution >= 0.6 is 0 Å². The first-order valence-electron chi connectivity index (χ1n) is 9.00. The minimum Gasteiger partial charge on any atom is -0.481 e. The molecule has 140 valence electrons. The SMILES string of the molecule is O=C(CCC1(C(=O)O)CCCC1)OC(=O)CCC1(C(=O)O)CCCC1. The molecule has 0 aliphatic heterocycles. The Morgan fingerprint density at radius 3 is 1.28 bits per heavy atom. The summed E-state index contributed by atoms with van der Waals surface area (Å²) >= 11 is 0. The lowest BCUT2D eigenvalue weighted by Gasteiger charge is -2.23. The largest absolute Gasteiger partial charge is 0.481 e. The standard InChI is InChI=1S/C18H26O7/c19-13(5-11-17(15(21)22)7-1-2-8-17)25-14(20)6-12-18(16(23)24)9-3-4-10-18/h1-12H2,(H,21,22)(H,23,24). The molecule has 2 fully saturated rings. The van der Waals surface area contributed by atoms with Crippen LogP contribution in [0.15, 0.2) is 0 Å². The molecule has 0 saturated heterocycles. The Balaban J connectivity index is 1.77. The highest BCUT2D eigenvalue weighted by molar-refractivity contribution is 5.86. The summed E-state index contributed by atoms with van der Waals surface area (Å²) in [5.41, 5.74) is -1.75. The van der Waals surface area contributed by atoms with E-state index in [2.05, 4.69) is 0 Å². The lowest BCUT2D eigenvalue weighted by molar-refractivity contribution is -0.161. The van der Waals surface area contributed by atoms with Gasteiger partial charge in [-0.25, -0.2) is 0 Å². The van der Waals surface area contributed by atoms with Gasteiger partial charge in [-0.3, -0.25) is 19.2 Å². The van der Waals surface area contributed by atoms with Gasteiger partial charge in [0.05, 0.1) is 10.8 Å². The van der Waals surface area contributed by atoms with Gasteiger partial charge >= 0.3 is 23.9 Å². The van der Waals surface area contributed by atoms with E-state index in [4.69, 9.17) is 4.74 Å². The van der Waals surface area contributed by atoms with Crippen LogP contribution < -0.4 is 0 Å². The fraction of sp³-hybridized carbons (Fsp3) is 0.778. The molecule has 2 saturated carbocycles. The van der Waals surface area contributed by atoms with Crippen molar-refractivity contribution in [2.45, 2.75) is 77.0 Å². The predicted molar refractivity (Wildman–Crippen MR) is 86.6 cm³/mol. The third-order valence-corrected chi connectivity index (χ3v) is 5.87. The molecular formula is C18H26O7. The van der Waals surface area contributed by atoms with E-state index in [1.165, 1.54) is 0 Å². The van der Waals surface area contributed by atoms with E-state index < -0.39 is 34.7 Å². The number of carbonyl (C=O) groups excluding carboxylic acids is 2. The summed E-state index contributed by atoms with van der Waals surface area (Å²) in [7, 11) is 0. The molecule has 7 nitrogen and oxygen atoms in total. The zero-order valence-corrected chi connectivity index (χ0v) is 14.4. The summed E-state index contributed by atoms with van der Waals surface area (Å²) in [5, 5.41) is 18.7. The molecule has 2 rings (SSSR count). The monoisotopic (exact) mass is 354 g/mol. The highest BCUT2D eigenvalue weighted by atomic mass is 16.6. The average Bonchev–Trinajstić information content (AvgIpc) is 3.22. The maximum Gasteiger partial charge on any atom is 0.313 e. The molecule has 0 spiro atoms. The lowest BCUT2D eigenvalue weighted by atomic mass is 9.81. The second kappa shape index (κ2) is 7.97. The second-order valence-electron chi connectivity index (χ2n) is 7.43. The van der Waals surface area contributed by atoms with Gasteiger partial charge in [0, 0.05) is 12.8 Å². The van der Waals surface area contributed by atoms with Gasteiger partial charge < -0.3 is 14.9 Å². The normalized spacial score (nSPS) is 21.0. The Labute approximate surface area is 146 Å². The van der Waals surface area contributed by atoms with Crippen molar-refractivity contribution in [2.24, 2.45) is 10.8 Å². The van der Waals surface area contributed by atoms with Gasteiger partial charge in [-0.05, 0) is 38.5 Å². The average molecular weight is 354 g/mol. The summed E-state index contributed by atoms with van der Waals surface area (Å²) in [4.78, 5) is 46.5. The molecule has 0 aromatic carbocycles. The summed E-state index contributed by atoms with van der Waals surface area (Å²) in [6.07, 6.45) is 5.64. The van der Waals surface area contributed by atoms with E-state index in [1.54, 1.807) is 0 Å². The number of ether oxygens (including phenoxy) is 1. The topological polar surface area (TPSA) is 118 Å². The summed E-state index contributed by atoms with van der Waals surface area (Å²) in [6.45, 7) is 0. The fourth-order valence-corrected chi connectivity index (χ4v) is 4.16. The smallest absolute Gasteiger partial charge is 0.313 e. The number of carboxylic acids is 2. The zero-order chi connectivity index (χ0) is 18.5.